The highest BCUT2D eigenvalue weighted by Crippen LogP contribution is 2.31. The van der Waals surface area contributed by atoms with Crippen molar-refractivity contribution in [3.05, 3.63) is 28.6 Å². The van der Waals surface area contributed by atoms with Crippen LogP contribution < -0.4 is 5.73 Å². The van der Waals surface area contributed by atoms with Gasteiger partial charge in [0.05, 0.1) is 12.9 Å². The lowest BCUT2D eigenvalue weighted by atomic mass is 10.1. The Bertz CT molecular complexity index is 685. The van der Waals surface area contributed by atoms with E-state index in [9.17, 15) is 10.2 Å². The fraction of sp³-hybridized carbons (Fsp3) is 0.500. The van der Waals surface area contributed by atoms with E-state index in [0.29, 0.717) is 11.2 Å². The van der Waals surface area contributed by atoms with Gasteiger partial charge in [-0.3, -0.25) is 9.48 Å². The van der Waals surface area contributed by atoms with Crippen LogP contribution in [-0.2, 0) is 4.74 Å². The summed E-state index contributed by atoms with van der Waals surface area (Å²) >= 11 is 0. The number of ether oxygens (including phenoxy) is 1. The molecule has 4 atom stereocenters. The lowest BCUT2D eigenvalue weighted by molar-refractivity contribution is -0.0511. The molecule has 2 aromatic rings. The van der Waals surface area contributed by atoms with Gasteiger partial charge in [-0.1, -0.05) is 0 Å². The van der Waals surface area contributed by atoms with Gasteiger partial charge >= 0.3 is 0 Å². The zero-order chi connectivity index (χ0) is 16.3. The topological polar surface area (TPSA) is 198 Å². The van der Waals surface area contributed by atoms with Gasteiger partial charge in [0.2, 0.25) is 0 Å². The van der Waals surface area contributed by atoms with Crippen LogP contribution in [0.4, 0.5) is 5.82 Å². The molecule has 1 fully saturated rings. The van der Waals surface area contributed by atoms with Gasteiger partial charge in [0.25, 0.3) is 0 Å². The number of rotatable bonds is 2. The number of aliphatic hydroxyl groups excluding tert-OH is 3. The van der Waals surface area contributed by atoms with Gasteiger partial charge in [0, 0.05) is 0 Å². The van der Waals surface area contributed by atoms with E-state index in [2.05, 4.69) is 15.0 Å². The second-order valence-corrected chi connectivity index (χ2v) is 4.40. The van der Waals surface area contributed by atoms with Crippen molar-refractivity contribution >= 4 is 17.0 Å². The lowest BCUT2D eigenvalue weighted by Gasteiger charge is -2.16. The second-order valence-electron chi connectivity index (χ2n) is 4.40. The Kier molecular flexibility index (Phi) is 4.70. The first-order valence-electron chi connectivity index (χ1n) is 6.09. The molecule has 0 aliphatic carbocycles. The number of nitrogen functional groups attached to an aromatic ring is 1. The Morgan fingerprint density at radius 3 is 2.55 bits per heavy atom. The molecule has 0 unspecified atom stereocenters. The molecule has 0 aromatic carbocycles. The summed E-state index contributed by atoms with van der Waals surface area (Å²) in [5.74, 6) is 0.218. The average Bonchev–Trinajstić information content (AvgIpc) is 3.04. The van der Waals surface area contributed by atoms with E-state index >= 15 is 0 Å². The highest BCUT2D eigenvalue weighted by molar-refractivity contribution is 5.81. The summed E-state index contributed by atoms with van der Waals surface area (Å²) in [6, 6.07) is 0. The molecule has 3 rings (SSSR count). The molecule has 1 aliphatic rings. The van der Waals surface area contributed by atoms with E-state index in [1.165, 1.54) is 22.1 Å². The molecule has 0 amide bonds. The summed E-state index contributed by atoms with van der Waals surface area (Å²) in [5.41, 5.74) is 19.9. The molecule has 2 aromatic heterocycles. The first-order valence-corrected chi connectivity index (χ1v) is 6.09. The Balaban J connectivity index is 0.000000545. The highest BCUT2D eigenvalue weighted by Gasteiger charge is 2.43. The molecule has 0 saturated carbocycles. The molecule has 1 saturated heterocycles. The fourth-order valence-electron chi connectivity index (χ4n) is 2.17. The van der Waals surface area contributed by atoms with Gasteiger partial charge in [0.1, 0.15) is 30.2 Å². The number of nitrogens with zero attached hydrogens (tertiary/aromatic N) is 7. The Hall–Kier alpha value is -2.50. The quantitative estimate of drug-likeness (QED) is 0.303. The summed E-state index contributed by atoms with van der Waals surface area (Å²) in [4.78, 5) is 13.4. The van der Waals surface area contributed by atoms with Crippen LogP contribution in [0.3, 0.4) is 0 Å². The highest BCUT2D eigenvalue weighted by atomic mass is 16.6. The maximum absolute atomic E-state index is 9.95. The molecule has 22 heavy (non-hydrogen) atoms. The number of hydrogen-bond donors (Lipinski definition) is 4. The molecule has 12 nitrogen and oxygen atoms in total. The van der Waals surface area contributed by atoms with E-state index in [1.54, 1.807) is 0 Å². The zero-order valence-corrected chi connectivity index (χ0v) is 11.1. The number of aromatic nitrogens is 4. The van der Waals surface area contributed by atoms with Crippen LogP contribution in [0.2, 0.25) is 0 Å². The van der Waals surface area contributed by atoms with Crippen molar-refractivity contribution < 1.29 is 20.1 Å². The summed E-state index contributed by atoms with van der Waals surface area (Å²) in [5, 5.41) is 28.7. The van der Waals surface area contributed by atoms with Crippen LogP contribution in [-0.4, -0.2) is 59.8 Å². The van der Waals surface area contributed by atoms with E-state index < -0.39 is 31.1 Å². The minimum Gasteiger partial charge on any atom is -0.394 e. The third-order valence-corrected chi connectivity index (χ3v) is 3.18. The Labute approximate surface area is 123 Å². The van der Waals surface area contributed by atoms with Crippen molar-refractivity contribution in [1.29, 1.82) is 0 Å². The fourth-order valence-corrected chi connectivity index (χ4v) is 2.17. The van der Waals surface area contributed by atoms with Crippen molar-refractivity contribution in [2.24, 2.45) is 0 Å². The van der Waals surface area contributed by atoms with Crippen LogP contribution in [0.15, 0.2) is 12.7 Å². The number of anilines is 1. The predicted molar refractivity (Wildman–Crippen MR) is 72.8 cm³/mol. The van der Waals surface area contributed by atoms with Crippen LogP contribution in [0.25, 0.3) is 27.1 Å². The van der Waals surface area contributed by atoms with Gasteiger partial charge in [-0.2, -0.15) is 0 Å². The average molecular weight is 309 g/mol. The number of nitrogens with two attached hydrogens (primary N) is 1. The third kappa shape index (κ3) is 2.64. The Morgan fingerprint density at radius 2 is 1.95 bits per heavy atom. The van der Waals surface area contributed by atoms with Gasteiger partial charge < -0.3 is 36.9 Å². The van der Waals surface area contributed by atoms with E-state index in [1.807, 2.05) is 0 Å². The van der Waals surface area contributed by atoms with Crippen LogP contribution in [0.1, 0.15) is 6.23 Å². The third-order valence-electron chi connectivity index (χ3n) is 3.18. The Morgan fingerprint density at radius 1 is 1.27 bits per heavy atom. The second kappa shape index (κ2) is 6.51. The SMILES string of the molecule is Nc1ncnc2c1ncn2[C@@H]1O[C@H](CO)[C@@H](O)[C@H]1O.[N-]=[N+]=[N-]. The van der Waals surface area contributed by atoms with Crippen molar-refractivity contribution in [2.45, 2.75) is 24.5 Å². The van der Waals surface area contributed by atoms with Crippen molar-refractivity contribution in [3.63, 3.8) is 0 Å². The summed E-state index contributed by atoms with van der Waals surface area (Å²) < 4.78 is 6.85. The van der Waals surface area contributed by atoms with Crippen LogP contribution >= 0.6 is 0 Å². The molecule has 118 valence electrons. The standard InChI is InChI=1S/C10H13N5O4.N3/c11-8-5-9(13-2-12-8)15(3-14-5)10-7(18)6(17)4(1-16)19-10;1-3-2/h2-4,6-7,10,16-18H,1H2,(H2,11,12,13);/q;-1/t4-,6-,7-,10-;/m1./s1. The molecule has 0 radical (unpaired) electrons. The van der Waals surface area contributed by atoms with E-state index in [-0.39, 0.29) is 5.82 Å². The molecule has 5 N–H and O–H groups in total. The van der Waals surface area contributed by atoms with Gasteiger partial charge in [-0.25, -0.2) is 15.0 Å². The van der Waals surface area contributed by atoms with E-state index in [0.717, 1.165) is 0 Å². The normalized spacial score (nSPS) is 27.2. The van der Waals surface area contributed by atoms with Crippen molar-refractivity contribution in [3.8, 4) is 0 Å². The monoisotopic (exact) mass is 309 g/mol. The molecular formula is C10H13N8O4-. The number of imidazole rings is 1. The van der Waals surface area contributed by atoms with Gasteiger partial charge in [-0.05, 0) is 0 Å². The molecule has 12 heteroatoms. The summed E-state index contributed by atoms with van der Waals surface area (Å²) in [7, 11) is 0. The van der Waals surface area contributed by atoms with Crippen molar-refractivity contribution in [1.82, 2.24) is 19.5 Å². The number of aliphatic hydroxyl groups is 3. The van der Waals surface area contributed by atoms with E-state index in [4.69, 9.17) is 26.6 Å². The maximum atomic E-state index is 9.95. The first kappa shape index (κ1) is 15.9. The number of hydrogen-bond acceptors (Lipinski definition) is 8. The minimum atomic E-state index is -1.19. The number of fused-ring (bicyclic) bond motifs is 1. The molecule has 0 spiro atoms. The first-order chi connectivity index (χ1) is 10.5. The summed E-state index contributed by atoms with van der Waals surface area (Å²) in [6.07, 6.45) is -1.42. The predicted octanol–water partition coefficient (Wildman–Crippen LogP) is -1.11. The lowest BCUT2D eigenvalue weighted by Crippen LogP contribution is -2.33. The molecule has 0 bridgehead atoms. The molecule has 3 heterocycles. The van der Waals surface area contributed by atoms with Gasteiger partial charge in [0.15, 0.2) is 17.7 Å². The largest absolute Gasteiger partial charge is 0.394 e. The van der Waals surface area contributed by atoms with Crippen molar-refractivity contribution in [2.75, 3.05) is 12.3 Å². The minimum absolute atomic E-state index is 0.218. The smallest absolute Gasteiger partial charge is 0.167 e. The van der Waals surface area contributed by atoms with Crippen LogP contribution in [0.5, 0.6) is 0 Å². The van der Waals surface area contributed by atoms with Gasteiger partial charge in [-0.15, -0.1) is 0 Å². The molecular weight excluding hydrogens is 296 g/mol. The zero-order valence-electron chi connectivity index (χ0n) is 11.1. The molecule has 1 aliphatic heterocycles. The van der Waals surface area contributed by atoms with Crippen LogP contribution in [0, 0.1) is 0 Å². The maximum Gasteiger partial charge on any atom is 0.167 e. The summed E-state index contributed by atoms with van der Waals surface area (Å²) in [6.45, 7) is -0.390.